The molecule has 1 saturated heterocycles. The Morgan fingerprint density at radius 1 is 1.09 bits per heavy atom. The molecule has 0 aromatic heterocycles. The van der Waals surface area contributed by atoms with Crippen LogP contribution in [0.1, 0.15) is 18.4 Å². The lowest BCUT2D eigenvalue weighted by Crippen LogP contribution is -2.39. The molecule has 0 unspecified atom stereocenters. The van der Waals surface area contributed by atoms with Gasteiger partial charge in [-0.15, -0.1) is 0 Å². The van der Waals surface area contributed by atoms with Gasteiger partial charge in [-0.25, -0.2) is 4.39 Å². The van der Waals surface area contributed by atoms with E-state index in [0.717, 1.165) is 25.9 Å². The molecule has 4 heteroatoms. The van der Waals surface area contributed by atoms with Crippen molar-refractivity contribution in [2.24, 2.45) is 0 Å². The molecule has 0 spiro atoms. The molecule has 0 bridgehead atoms. The number of piperidine rings is 1. The fourth-order valence-electron chi connectivity index (χ4n) is 2.85. The average Bonchev–Trinajstić information content (AvgIpc) is 2.58. The molecule has 22 heavy (non-hydrogen) atoms. The lowest BCUT2D eigenvalue weighted by molar-refractivity contribution is 0.522. The zero-order valence-electron chi connectivity index (χ0n) is 12.3. The molecule has 3 rings (SSSR count). The van der Waals surface area contributed by atoms with Crippen molar-refractivity contribution < 1.29 is 4.39 Å². The van der Waals surface area contributed by atoms with Crippen LogP contribution in [-0.4, -0.2) is 19.1 Å². The maximum atomic E-state index is 13.8. The van der Waals surface area contributed by atoms with Crippen molar-refractivity contribution in [3.63, 3.8) is 0 Å². The highest BCUT2D eigenvalue weighted by Gasteiger charge is 2.20. The van der Waals surface area contributed by atoms with Crippen LogP contribution in [0.2, 0.25) is 0 Å². The number of nitrogens with one attached hydrogen (secondary N) is 1. The van der Waals surface area contributed by atoms with E-state index >= 15 is 0 Å². The highest BCUT2D eigenvalue weighted by atomic mass is 19.1. The van der Waals surface area contributed by atoms with E-state index in [2.05, 4.69) is 22.3 Å². The second-order valence-corrected chi connectivity index (χ2v) is 5.55. The lowest BCUT2D eigenvalue weighted by Gasteiger charge is -2.34. The van der Waals surface area contributed by atoms with Gasteiger partial charge in [0.2, 0.25) is 0 Å². The quantitative estimate of drug-likeness (QED) is 0.936. The summed E-state index contributed by atoms with van der Waals surface area (Å²) in [7, 11) is 0. The first-order chi connectivity index (χ1) is 10.8. The second kappa shape index (κ2) is 6.48. The fourth-order valence-corrected chi connectivity index (χ4v) is 2.85. The van der Waals surface area contributed by atoms with Crippen LogP contribution in [0.15, 0.2) is 48.5 Å². The summed E-state index contributed by atoms with van der Waals surface area (Å²) in [6.45, 7) is 1.89. The highest BCUT2D eigenvalue weighted by molar-refractivity contribution is 5.52. The van der Waals surface area contributed by atoms with Crippen LogP contribution >= 0.6 is 0 Å². The Balaban J connectivity index is 1.62. The van der Waals surface area contributed by atoms with Crippen LogP contribution in [0.5, 0.6) is 0 Å². The summed E-state index contributed by atoms with van der Waals surface area (Å²) in [6, 6.07) is 17.0. The molecular formula is C18H18FN3. The SMILES string of the molecule is N#Cc1ccc(F)c(NC2CCN(c3ccccc3)CC2)c1. The van der Waals surface area contributed by atoms with E-state index in [9.17, 15) is 4.39 Å². The molecule has 0 atom stereocenters. The van der Waals surface area contributed by atoms with E-state index in [1.807, 2.05) is 24.3 Å². The third kappa shape index (κ3) is 3.20. The van der Waals surface area contributed by atoms with E-state index < -0.39 is 0 Å². The zero-order valence-corrected chi connectivity index (χ0v) is 12.3. The van der Waals surface area contributed by atoms with Gasteiger partial charge in [-0.1, -0.05) is 18.2 Å². The van der Waals surface area contributed by atoms with Crippen LogP contribution in [0, 0.1) is 17.1 Å². The lowest BCUT2D eigenvalue weighted by atomic mass is 10.0. The molecule has 1 fully saturated rings. The summed E-state index contributed by atoms with van der Waals surface area (Å²) in [5.41, 5.74) is 2.14. The summed E-state index contributed by atoms with van der Waals surface area (Å²) in [5, 5.41) is 12.2. The van der Waals surface area contributed by atoms with Crippen molar-refractivity contribution in [1.82, 2.24) is 0 Å². The Labute approximate surface area is 130 Å². The normalized spacial score (nSPS) is 15.4. The number of anilines is 2. The van der Waals surface area contributed by atoms with Gasteiger partial charge in [0.15, 0.2) is 0 Å². The number of rotatable bonds is 3. The summed E-state index contributed by atoms with van der Waals surface area (Å²) in [5.74, 6) is -0.301. The summed E-state index contributed by atoms with van der Waals surface area (Å²) >= 11 is 0. The number of halogens is 1. The monoisotopic (exact) mass is 295 g/mol. The van der Waals surface area contributed by atoms with Crippen molar-refractivity contribution in [3.8, 4) is 6.07 Å². The van der Waals surface area contributed by atoms with Gasteiger partial charge in [-0.2, -0.15) is 5.26 Å². The van der Waals surface area contributed by atoms with Crippen LogP contribution in [-0.2, 0) is 0 Å². The number of para-hydroxylation sites is 1. The Bertz CT molecular complexity index is 670. The maximum absolute atomic E-state index is 13.8. The number of hydrogen-bond donors (Lipinski definition) is 1. The van der Waals surface area contributed by atoms with E-state index in [1.165, 1.54) is 17.8 Å². The first-order valence-corrected chi connectivity index (χ1v) is 7.52. The van der Waals surface area contributed by atoms with Gasteiger partial charge in [0, 0.05) is 24.8 Å². The van der Waals surface area contributed by atoms with Crippen molar-refractivity contribution in [3.05, 3.63) is 59.9 Å². The largest absolute Gasteiger partial charge is 0.380 e. The summed E-state index contributed by atoms with van der Waals surface area (Å²) in [4.78, 5) is 2.35. The molecule has 0 amide bonds. The van der Waals surface area contributed by atoms with Crippen LogP contribution in [0.4, 0.5) is 15.8 Å². The number of nitrogens with zero attached hydrogens (tertiary/aromatic N) is 2. The highest BCUT2D eigenvalue weighted by Crippen LogP contribution is 2.23. The van der Waals surface area contributed by atoms with Crippen LogP contribution in [0.3, 0.4) is 0 Å². The minimum atomic E-state index is -0.301. The topological polar surface area (TPSA) is 39.1 Å². The molecule has 1 N–H and O–H groups in total. The van der Waals surface area contributed by atoms with Crippen LogP contribution < -0.4 is 10.2 Å². The van der Waals surface area contributed by atoms with Gasteiger partial charge < -0.3 is 10.2 Å². The van der Waals surface area contributed by atoms with E-state index in [0.29, 0.717) is 11.3 Å². The first kappa shape index (κ1) is 14.4. The molecule has 0 saturated carbocycles. The van der Waals surface area contributed by atoms with E-state index in [1.54, 1.807) is 6.07 Å². The fraction of sp³-hybridized carbons (Fsp3) is 0.278. The van der Waals surface area contributed by atoms with E-state index in [-0.39, 0.29) is 11.9 Å². The molecular weight excluding hydrogens is 277 g/mol. The van der Waals surface area contributed by atoms with Crippen molar-refractivity contribution in [1.29, 1.82) is 5.26 Å². The molecule has 0 radical (unpaired) electrons. The minimum absolute atomic E-state index is 0.239. The molecule has 1 aliphatic rings. The van der Waals surface area contributed by atoms with Gasteiger partial charge in [-0.3, -0.25) is 0 Å². The van der Waals surface area contributed by atoms with Gasteiger partial charge in [0.05, 0.1) is 17.3 Å². The first-order valence-electron chi connectivity index (χ1n) is 7.52. The van der Waals surface area contributed by atoms with Crippen molar-refractivity contribution in [2.75, 3.05) is 23.3 Å². The standard InChI is InChI=1S/C18H18FN3/c19-17-7-6-14(13-20)12-18(17)21-15-8-10-22(11-9-15)16-4-2-1-3-5-16/h1-7,12,15,21H,8-11H2. The Kier molecular flexibility index (Phi) is 4.24. The average molecular weight is 295 g/mol. The molecule has 2 aromatic carbocycles. The van der Waals surface area contributed by atoms with Crippen molar-refractivity contribution in [2.45, 2.75) is 18.9 Å². The molecule has 2 aromatic rings. The van der Waals surface area contributed by atoms with Crippen molar-refractivity contribution >= 4 is 11.4 Å². The molecule has 112 valence electrons. The van der Waals surface area contributed by atoms with Gasteiger partial charge in [-0.05, 0) is 43.2 Å². The van der Waals surface area contributed by atoms with Gasteiger partial charge >= 0.3 is 0 Å². The Morgan fingerprint density at radius 2 is 1.82 bits per heavy atom. The minimum Gasteiger partial charge on any atom is -0.380 e. The Morgan fingerprint density at radius 3 is 2.50 bits per heavy atom. The third-order valence-electron chi connectivity index (χ3n) is 4.07. The molecule has 3 nitrogen and oxygen atoms in total. The maximum Gasteiger partial charge on any atom is 0.146 e. The van der Waals surface area contributed by atoms with Crippen LogP contribution in [0.25, 0.3) is 0 Å². The number of hydrogen-bond acceptors (Lipinski definition) is 3. The Hall–Kier alpha value is -2.54. The van der Waals surface area contributed by atoms with E-state index in [4.69, 9.17) is 5.26 Å². The predicted molar refractivity (Wildman–Crippen MR) is 86.4 cm³/mol. The molecule has 1 heterocycles. The number of benzene rings is 2. The predicted octanol–water partition coefficient (Wildman–Crippen LogP) is 3.78. The number of nitriles is 1. The van der Waals surface area contributed by atoms with Gasteiger partial charge in [0.1, 0.15) is 5.82 Å². The summed E-state index contributed by atoms with van der Waals surface area (Å²) in [6.07, 6.45) is 1.90. The third-order valence-corrected chi connectivity index (χ3v) is 4.07. The smallest absolute Gasteiger partial charge is 0.146 e. The summed E-state index contributed by atoms with van der Waals surface area (Å²) < 4.78 is 13.8. The van der Waals surface area contributed by atoms with Gasteiger partial charge in [0.25, 0.3) is 0 Å². The molecule has 0 aliphatic carbocycles. The molecule has 1 aliphatic heterocycles. The second-order valence-electron chi connectivity index (χ2n) is 5.55. The zero-order chi connectivity index (χ0) is 15.4.